The van der Waals surface area contributed by atoms with Crippen molar-refractivity contribution in [2.24, 2.45) is 5.92 Å². The van der Waals surface area contributed by atoms with E-state index in [1.165, 1.54) is 10.9 Å². The molecule has 3 aliphatic rings. The molecule has 53 heavy (non-hydrogen) atoms. The summed E-state index contributed by atoms with van der Waals surface area (Å²) >= 11 is 0. The summed E-state index contributed by atoms with van der Waals surface area (Å²) in [6, 6.07) is -0.273. The van der Waals surface area contributed by atoms with Crippen LogP contribution in [0.5, 0.6) is 5.75 Å². The van der Waals surface area contributed by atoms with Crippen molar-refractivity contribution in [2.75, 3.05) is 25.1 Å². The number of ether oxygens (including phenoxy) is 1. The van der Waals surface area contributed by atoms with Crippen molar-refractivity contribution in [1.82, 2.24) is 34.0 Å². The first-order valence-corrected chi connectivity index (χ1v) is 18.8. The summed E-state index contributed by atoms with van der Waals surface area (Å²) in [7, 11) is -10.2. The number of hydrogen-bond donors (Lipinski definition) is 2. The maximum atomic E-state index is 14.7. The molecule has 3 unspecified atom stereocenters. The van der Waals surface area contributed by atoms with Gasteiger partial charge in [-0.1, -0.05) is 25.5 Å². The standard InChI is InChI=1S/C33H34F6N8O5S/c1-3-45(32(51)28-29(49)17(2)40-16-41-28)24-8-5-20(24)21-6-9-25-27(21)31(50)47-33(43-30(44-47)18-10-12-52-13-11-18)46(25)15-26(48)42-23-7-4-19(14-22(23)34)53(35,36,37,38)39/h4,7,10,14,16,20-21,24,49H,3,5-6,8-9,11-13,15H2,1-2H3,(H,42,48). The van der Waals surface area contributed by atoms with Crippen molar-refractivity contribution in [3.8, 4) is 5.75 Å². The molecule has 2 amide bonds. The predicted molar refractivity (Wildman–Crippen MR) is 180 cm³/mol. The second-order valence-corrected chi connectivity index (χ2v) is 15.7. The van der Waals surface area contributed by atoms with Crippen LogP contribution < -0.4 is 10.9 Å². The lowest BCUT2D eigenvalue weighted by Crippen LogP contribution is -2.52. The fourth-order valence-electron chi connectivity index (χ4n) is 7.48. The molecule has 1 aliphatic heterocycles. The van der Waals surface area contributed by atoms with Crippen LogP contribution in [0.3, 0.4) is 0 Å². The Hall–Kier alpha value is -4.98. The van der Waals surface area contributed by atoms with Crippen molar-refractivity contribution < 1.29 is 43.3 Å². The van der Waals surface area contributed by atoms with Crippen molar-refractivity contribution >= 4 is 39.1 Å². The highest BCUT2D eigenvalue weighted by atomic mass is 32.5. The molecule has 0 saturated heterocycles. The van der Waals surface area contributed by atoms with Gasteiger partial charge in [0.1, 0.15) is 23.6 Å². The molecule has 1 aromatic carbocycles. The molecule has 4 heterocycles. The van der Waals surface area contributed by atoms with Gasteiger partial charge >= 0.3 is 10.2 Å². The summed E-state index contributed by atoms with van der Waals surface area (Å²) in [5.41, 5.74) is 0.393. The molecule has 1 saturated carbocycles. The highest BCUT2D eigenvalue weighted by Crippen LogP contribution is 3.02. The molecule has 20 heteroatoms. The molecule has 3 atom stereocenters. The first-order chi connectivity index (χ1) is 24.9. The highest BCUT2D eigenvalue weighted by Gasteiger charge is 2.65. The lowest BCUT2D eigenvalue weighted by atomic mass is 9.69. The van der Waals surface area contributed by atoms with Crippen LogP contribution in [0.1, 0.15) is 71.8 Å². The molecule has 7 rings (SSSR count). The Balaban J connectivity index is 1.25. The molecular formula is C33H34F6N8O5S. The third-order valence-corrected chi connectivity index (χ3v) is 11.3. The number of fused-ring (bicyclic) bond motifs is 2. The quantitative estimate of drug-likeness (QED) is 0.198. The number of nitrogens with one attached hydrogen (secondary N) is 1. The molecule has 284 valence electrons. The van der Waals surface area contributed by atoms with Crippen LogP contribution in [0.15, 0.2) is 40.3 Å². The van der Waals surface area contributed by atoms with Gasteiger partial charge < -0.3 is 24.6 Å². The second kappa shape index (κ2) is 12.3. The molecule has 0 bridgehead atoms. The van der Waals surface area contributed by atoms with Crippen LogP contribution >= 0.6 is 10.2 Å². The first kappa shape index (κ1) is 36.4. The smallest absolute Gasteiger partial charge is 0.310 e. The topological polar surface area (TPSA) is 157 Å². The van der Waals surface area contributed by atoms with Crippen LogP contribution in [-0.2, 0) is 22.5 Å². The largest absolute Gasteiger partial charge is 0.504 e. The van der Waals surface area contributed by atoms with E-state index in [0.717, 1.165) is 4.52 Å². The Morgan fingerprint density at radius 3 is 2.53 bits per heavy atom. The summed E-state index contributed by atoms with van der Waals surface area (Å²) in [5.74, 6) is -3.81. The Bertz CT molecular complexity index is 2280. The van der Waals surface area contributed by atoms with Gasteiger partial charge in [-0.25, -0.2) is 14.4 Å². The van der Waals surface area contributed by atoms with E-state index in [9.17, 15) is 43.3 Å². The van der Waals surface area contributed by atoms with Gasteiger partial charge in [-0.2, -0.15) is 9.50 Å². The van der Waals surface area contributed by atoms with E-state index in [0.29, 0.717) is 68.2 Å². The number of aromatic nitrogens is 6. The number of aryl methyl sites for hydroxylation is 1. The van der Waals surface area contributed by atoms with E-state index in [1.807, 2.05) is 0 Å². The molecule has 4 aromatic rings. The van der Waals surface area contributed by atoms with E-state index in [-0.39, 0.29) is 65.3 Å². The van der Waals surface area contributed by atoms with Gasteiger partial charge in [-0.05, 0) is 81.6 Å². The number of benzene rings is 1. The fourth-order valence-corrected chi connectivity index (χ4v) is 8.13. The minimum absolute atomic E-state index is 0.000828. The number of anilines is 1. The fraction of sp³-hybridized carbons (Fsp3) is 0.424. The van der Waals surface area contributed by atoms with E-state index in [1.54, 1.807) is 24.8 Å². The molecule has 2 N–H and O–H groups in total. The first-order valence-electron chi connectivity index (χ1n) is 16.8. The molecular weight excluding hydrogens is 734 g/mol. The average Bonchev–Trinajstić information content (AvgIpc) is 3.72. The van der Waals surface area contributed by atoms with Crippen LogP contribution in [0, 0.1) is 18.7 Å². The van der Waals surface area contributed by atoms with Gasteiger partial charge in [0.25, 0.3) is 11.5 Å². The molecule has 2 aliphatic carbocycles. The zero-order chi connectivity index (χ0) is 38.1. The molecule has 3 aromatic heterocycles. The van der Waals surface area contributed by atoms with E-state index >= 15 is 0 Å². The molecule has 13 nitrogen and oxygen atoms in total. The average molecular weight is 769 g/mol. The minimum Gasteiger partial charge on any atom is -0.504 e. The number of carbonyl (C=O) groups excluding carboxylic acids is 2. The van der Waals surface area contributed by atoms with Crippen molar-refractivity contribution in [2.45, 2.75) is 69.4 Å². The number of aromatic hydroxyl groups is 1. The Morgan fingerprint density at radius 2 is 1.89 bits per heavy atom. The van der Waals surface area contributed by atoms with Gasteiger partial charge in [0.15, 0.2) is 17.3 Å². The normalized spacial score (nSPS) is 21.3. The summed E-state index contributed by atoms with van der Waals surface area (Å²) in [6.45, 7) is 3.74. The molecule has 0 radical (unpaired) electrons. The van der Waals surface area contributed by atoms with Gasteiger partial charge in [0.05, 0.1) is 24.6 Å². The second-order valence-electron chi connectivity index (χ2n) is 13.3. The zero-order valence-electron chi connectivity index (χ0n) is 28.4. The van der Waals surface area contributed by atoms with E-state index in [2.05, 4.69) is 25.4 Å². The van der Waals surface area contributed by atoms with Crippen molar-refractivity contribution in [3.05, 3.63) is 75.2 Å². The number of nitrogens with zero attached hydrogens (tertiary/aromatic N) is 7. The summed E-state index contributed by atoms with van der Waals surface area (Å²) < 4.78 is 88.9. The van der Waals surface area contributed by atoms with E-state index < -0.39 is 50.5 Å². The van der Waals surface area contributed by atoms with Crippen LogP contribution in [0.25, 0.3) is 11.4 Å². The summed E-state index contributed by atoms with van der Waals surface area (Å²) in [6.07, 6.45) is 5.46. The van der Waals surface area contributed by atoms with Crippen LogP contribution in [-0.4, -0.2) is 76.8 Å². The third kappa shape index (κ3) is 6.62. The van der Waals surface area contributed by atoms with Crippen molar-refractivity contribution in [1.29, 1.82) is 0 Å². The van der Waals surface area contributed by atoms with Crippen molar-refractivity contribution in [3.63, 3.8) is 0 Å². The third-order valence-electron chi connectivity index (χ3n) is 10.2. The summed E-state index contributed by atoms with van der Waals surface area (Å²) in [4.78, 5) is 53.0. The molecule has 1 fully saturated rings. The number of carbonyl (C=O) groups is 2. The monoisotopic (exact) mass is 768 g/mol. The Morgan fingerprint density at radius 1 is 1.11 bits per heavy atom. The van der Waals surface area contributed by atoms with Gasteiger partial charge in [-0.15, -0.1) is 5.10 Å². The maximum absolute atomic E-state index is 14.7. The Kier molecular flexibility index (Phi) is 8.44. The predicted octanol–water partition coefficient (Wildman–Crippen LogP) is 5.90. The van der Waals surface area contributed by atoms with Gasteiger partial charge in [0, 0.05) is 23.8 Å². The summed E-state index contributed by atoms with van der Waals surface area (Å²) in [5, 5.41) is 17.2. The van der Waals surface area contributed by atoms with E-state index in [4.69, 9.17) is 4.74 Å². The number of halogens is 6. The van der Waals surface area contributed by atoms with Crippen LogP contribution in [0.4, 0.5) is 29.5 Å². The zero-order valence-corrected chi connectivity index (χ0v) is 29.2. The molecule has 0 spiro atoms. The minimum atomic E-state index is -10.2. The number of rotatable bonds is 9. The Labute approximate surface area is 297 Å². The van der Waals surface area contributed by atoms with Crippen LogP contribution in [0.2, 0.25) is 0 Å². The van der Waals surface area contributed by atoms with Gasteiger partial charge in [0.2, 0.25) is 11.7 Å². The number of hydrogen-bond acceptors (Lipinski definition) is 9. The lowest BCUT2D eigenvalue weighted by Gasteiger charge is -2.46. The number of amides is 2. The lowest BCUT2D eigenvalue weighted by molar-refractivity contribution is -0.116. The van der Waals surface area contributed by atoms with Gasteiger partial charge in [-0.3, -0.25) is 14.4 Å². The highest BCUT2D eigenvalue weighted by molar-refractivity contribution is 8.45. The maximum Gasteiger partial charge on any atom is 0.310 e. The SMILES string of the molecule is CCN(C(=O)c1ncnc(C)c1O)C1CCC1C1CCc2c1c(=O)n1nc(C3=CCOCC3)nc1n2CC(=O)Nc1ccc(S(F)(F)(F)(F)F)cc1F.